The first-order chi connectivity index (χ1) is 7.58. The predicted molar refractivity (Wildman–Crippen MR) is 69.0 cm³/mol. The Morgan fingerprint density at radius 3 is 2.69 bits per heavy atom. The molecule has 16 heavy (non-hydrogen) atoms. The topological polar surface area (TPSA) is 21.3 Å². The lowest BCUT2D eigenvalue weighted by Gasteiger charge is -2.20. The number of hydrogen-bond acceptors (Lipinski definition) is 2. The Bertz CT molecular complexity index is 371. The van der Waals surface area contributed by atoms with E-state index in [0.29, 0.717) is 0 Å². The molecule has 0 saturated carbocycles. The summed E-state index contributed by atoms with van der Waals surface area (Å²) in [5, 5.41) is 3.31. The van der Waals surface area contributed by atoms with Crippen molar-refractivity contribution in [3.8, 4) is 5.75 Å². The van der Waals surface area contributed by atoms with E-state index in [9.17, 15) is 0 Å². The van der Waals surface area contributed by atoms with Gasteiger partial charge in [0, 0.05) is 11.6 Å². The van der Waals surface area contributed by atoms with Gasteiger partial charge >= 0.3 is 0 Å². The fourth-order valence-corrected chi connectivity index (χ4v) is 1.84. The molecule has 0 spiro atoms. The largest absolute Gasteiger partial charge is 0.496 e. The summed E-state index contributed by atoms with van der Waals surface area (Å²) in [5.41, 5.74) is 3.62. The molecule has 0 aliphatic heterocycles. The maximum absolute atomic E-state index is 5.40. The highest BCUT2D eigenvalue weighted by Gasteiger charge is 2.14. The summed E-state index contributed by atoms with van der Waals surface area (Å²) in [6.45, 7) is 8.11. The van der Waals surface area contributed by atoms with Crippen LogP contribution in [0.15, 0.2) is 30.4 Å². The van der Waals surface area contributed by atoms with Gasteiger partial charge in [0.05, 0.1) is 7.11 Å². The minimum atomic E-state index is 0.271. The van der Waals surface area contributed by atoms with Gasteiger partial charge in [0.25, 0.3) is 0 Å². The molecule has 0 aromatic heterocycles. The third-order valence-electron chi connectivity index (χ3n) is 2.66. The van der Waals surface area contributed by atoms with Gasteiger partial charge in [0.15, 0.2) is 0 Å². The van der Waals surface area contributed by atoms with Crippen molar-refractivity contribution in [2.24, 2.45) is 0 Å². The third-order valence-corrected chi connectivity index (χ3v) is 2.66. The number of hydrogen-bond donors (Lipinski definition) is 1. The number of rotatable bonds is 5. The third kappa shape index (κ3) is 3.11. The van der Waals surface area contributed by atoms with E-state index in [1.807, 2.05) is 20.0 Å². The zero-order chi connectivity index (χ0) is 12.1. The van der Waals surface area contributed by atoms with E-state index >= 15 is 0 Å². The number of nitrogens with one attached hydrogen (secondary N) is 1. The quantitative estimate of drug-likeness (QED) is 0.768. The highest BCUT2D eigenvalue weighted by atomic mass is 16.5. The lowest BCUT2D eigenvalue weighted by Crippen LogP contribution is -2.17. The zero-order valence-electron chi connectivity index (χ0n) is 10.6. The highest BCUT2D eigenvalue weighted by molar-refractivity contribution is 5.39. The van der Waals surface area contributed by atoms with E-state index in [1.165, 1.54) is 16.7 Å². The second-order valence-electron chi connectivity index (χ2n) is 4.25. The van der Waals surface area contributed by atoms with Crippen molar-refractivity contribution in [2.45, 2.75) is 26.3 Å². The van der Waals surface area contributed by atoms with E-state index in [4.69, 9.17) is 4.74 Å². The molecule has 1 atom stereocenters. The summed E-state index contributed by atoms with van der Waals surface area (Å²) in [6, 6.07) is 6.53. The molecule has 2 heteroatoms. The van der Waals surface area contributed by atoms with Gasteiger partial charge in [-0.15, -0.1) is 6.58 Å². The van der Waals surface area contributed by atoms with Crippen molar-refractivity contribution < 1.29 is 4.74 Å². The Morgan fingerprint density at radius 2 is 2.19 bits per heavy atom. The monoisotopic (exact) mass is 219 g/mol. The van der Waals surface area contributed by atoms with Crippen molar-refractivity contribution >= 4 is 0 Å². The molecule has 0 bridgehead atoms. The Morgan fingerprint density at radius 1 is 1.50 bits per heavy atom. The fraction of sp³-hybridized carbons (Fsp3) is 0.429. The molecule has 1 aromatic rings. The van der Waals surface area contributed by atoms with Crippen molar-refractivity contribution in [2.75, 3.05) is 14.2 Å². The van der Waals surface area contributed by atoms with Gasteiger partial charge in [-0.1, -0.05) is 23.3 Å². The van der Waals surface area contributed by atoms with E-state index in [-0.39, 0.29) is 6.04 Å². The minimum Gasteiger partial charge on any atom is -0.496 e. The van der Waals surface area contributed by atoms with Crippen LogP contribution < -0.4 is 10.1 Å². The molecule has 0 fully saturated rings. The predicted octanol–water partition coefficient (Wildman–Crippen LogP) is 3.23. The molecule has 1 N–H and O–H groups in total. The van der Waals surface area contributed by atoms with E-state index in [1.54, 1.807) is 7.11 Å². The Hall–Kier alpha value is -1.28. The van der Waals surface area contributed by atoms with Crippen LogP contribution in [0, 0.1) is 6.92 Å². The molecule has 0 aliphatic carbocycles. The molecular formula is C14H21NO. The van der Waals surface area contributed by atoms with Crippen molar-refractivity contribution in [1.29, 1.82) is 0 Å². The van der Waals surface area contributed by atoms with Crippen LogP contribution in [0.25, 0.3) is 0 Å². The molecule has 1 unspecified atom stereocenters. The SMILES string of the molecule is C=C(C)CC(NC)c1cc(C)ccc1OC. The van der Waals surface area contributed by atoms with Gasteiger partial charge in [-0.25, -0.2) is 0 Å². The van der Waals surface area contributed by atoms with Crippen LogP contribution in [-0.2, 0) is 0 Å². The van der Waals surface area contributed by atoms with E-state index in [2.05, 4.69) is 31.0 Å². The first kappa shape index (κ1) is 12.8. The summed E-state index contributed by atoms with van der Waals surface area (Å²) in [7, 11) is 3.68. The smallest absolute Gasteiger partial charge is 0.123 e. The fourth-order valence-electron chi connectivity index (χ4n) is 1.84. The van der Waals surface area contributed by atoms with Gasteiger partial charge in [-0.05, 0) is 33.4 Å². The molecule has 0 saturated heterocycles. The molecule has 2 nitrogen and oxygen atoms in total. The molecule has 0 heterocycles. The van der Waals surface area contributed by atoms with Crippen LogP contribution in [0.5, 0.6) is 5.75 Å². The Labute approximate surface area is 98.3 Å². The molecule has 0 radical (unpaired) electrons. The zero-order valence-corrected chi connectivity index (χ0v) is 10.6. The molecule has 1 aromatic carbocycles. The molecule has 0 aliphatic rings. The Balaban J connectivity index is 3.06. The lowest BCUT2D eigenvalue weighted by molar-refractivity contribution is 0.401. The van der Waals surface area contributed by atoms with E-state index < -0.39 is 0 Å². The standard InChI is InChI=1S/C14H21NO/c1-10(2)8-13(15-4)12-9-11(3)6-7-14(12)16-5/h6-7,9,13,15H,1,8H2,2-5H3. The number of ether oxygens (including phenoxy) is 1. The second kappa shape index (κ2) is 5.71. The molecule has 88 valence electrons. The van der Waals surface area contributed by atoms with Crippen LogP contribution in [-0.4, -0.2) is 14.2 Å². The van der Waals surface area contributed by atoms with Crippen LogP contribution >= 0.6 is 0 Å². The number of aryl methyl sites for hydroxylation is 1. The minimum absolute atomic E-state index is 0.271. The first-order valence-electron chi connectivity index (χ1n) is 5.54. The van der Waals surface area contributed by atoms with Crippen molar-refractivity contribution in [3.63, 3.8) is 0 Å². The molecule has 1 rings (SSSR count). The van der Waals surface area contributed by atoms with Gasteiger partial charge in [-0.3, -0.25) is 0 Å². The maximum Gasteiger partial charge on any atom is 0.123 e. The number of methoxy groups -OCH3 is 1. The summed E-state index contributed by atoms with van der Waals surface area (Å²) < 4.78 is 5.40. The van der Waals surface area contributed by atoms with Gasteiger partial charge < -0.3 is 10.1 Å². The normalized spacial score (nSPS) is 12.2. The van der Waals surface area contributed by atoms with Gasteiger partial charge in [-0.2, -0.15) is 0 Å². The lowest BCUT2D eigenvalue weighted by atomic mass is 9.98. The van der Waals surface area contributed by atoms with Gasteiger partial charge in [0.2, 0.25) is 0 Å². The van der Waals surface area contributed by atoms with E-state index in [0.717, 1.165) is 12.2 Å². The first-order valence-corrected chi connectivity index (χ1v) is 5.54. The summed E-state index contributed by atoms with van der Waals surface area (Å²) in [6.07, 6.45) is 0.927. The summed E-state index contributed by atoms with van der Waals surface area (Å²) >= 11 is 0. The number of benzene rings is 1. The average Bonchev–Trinajstić information content (AvgIpc) is 2.25. The van der Waals surface area contributed by atoms with Crippen LogP contribution in [0.4, 0.5) is 0 Å². The molecule has 0 amide bonds. The average molecular weight is 219 g/mol. The van der Waals surface area contributed by atoms with Crippen LogP contribution in [0.2, 0.25) is 0 Å². The maximum atomic E-state index is 5.40. The molecular weight excluding hydrogens is 198 g/mol. The highest BCUT2D eigenvalue weighted by Crippen LogP contribution is 2.29. The van der Waals surface area contributed by atoms with Crippen LogP contribution in [0.1, 0.15) is 30.5 Å². The van der Waals surface area contributed by atoms with Crippen molar-refractivity contribution in [3.05, 3.63) is 41.5 Å². The summed E-state index contributed by atoms with van der Waals surface area (Å²) in [5.74, 6) is 0.936. The van der Waals surface area contributed by atoms with Crippen LogP contribution in [0.3, 0.4) is 0 Å². The second-order valence-corrected chi connectivity index (χ2v) is 4.25. The van der Waals surface area contributed by atoms with Gasteiger partial charge in [0.1, 0.15) is 5.75 Å². The summed E-state index contributed by atoms with van der Waals surface area (Å²) in [4.78, 5) is 0. The Kier molecular flexibility index (Phi) is 4.56. The van der Waals surface area contributed by atoms with Crippen molar-refractivity contribution in [1.82, 2.24) is 5.32 Å².